The van der Waals surface area contributed by atoms with E-state index in [4.69, 9.17) is 0 Å². The molecule has 0 rings (SSSR count). The Bertz CT molecular complexity index is 315. The van der Waals surface area contributed by atoms with Crippen molar-refractivity contribution in [2.24, 2.45) is 0 Å². The van der Waals surface area contributed by atoms with E-state index in [1.165, 1.54) is 83.5 Å². The van der Waals surface area contributed by atoms with Crippen molar-refractivity contribution in [1.29, 1.82) is 0 Å². The van der Waals surface area contributed by atoms with Crippen LogP contribution in [0.15, 0.2) is 12.2 Å². The first kappa shape index (κ1) is 25.0. The lowest BCUT2D eigenvalue weighted by Crippen LogP contribution is -2.36. The van der Waals surface area contributed by atoms with Crippen LogP contribution in [0.3, 0.4) is 0 Å². The Kier molecular flexibility index (Phi) is 21.2. The van der Waals surface area contributed by atoms with E-state index in [1.807, 2.05) is 0 Å². The molecule has 0 heterocycles. The molecule has 0 spiro atoms. The predicted octanol–water partition coefficient (Wildman–Crippen LogP) is 7.12. The van der Waals surface area contributed by atoms with Crippen LogP contribution < -0.4 is 10.6 Å². The van der Waals surface area contributed by atoms with Gasteiger partial charge < -0.3 is 10.6 Å². The lowest BCUT2D eigenvalue weighted by Gasteiger charge is -2.06. The molecule has 0 fully saturated rings. The fourth-order valence-electron chi connectivity index (χ4n) is 3.02. The second-order valence-electron chi connectivity index (χ2n) is 7.47. The number of rotatable bonds is 19. The van der Waals surface area contributed by atoms with Crippen LogP contribution in [0.25, 0.3) is 0 Å². The normalized spacial score (nSPS) is 11.2. The summed E-state index contributed by atoms with van der Waals surface area (Å²) in [7, 11) is 0. The maximum Gasteiger partial charge on any atom is 0.314 e. The van der Waals surface area contributed by atoms with Gasteiger partial charge in [-0.25, -0.2) is 4.79 Å². The van der Waals surface area contributed by atoms with Gasteiger partial charge in [-0.2, -0.15) is 0 Å². The minimum atomic E-state index is -0.00815. The van der Waals surface area contributed by atoms with Gasteiger partial charge in [-0.1, -0.05) is 90.2 Å². The lowest BCUT2D eigenvalue weighted by atomic mass is 10.1. The average molecular weight is 367 g/mol. The van der Waals surface area contributed by atoms with Gasteiger partial charge in [0.05, 0.1) is 0 Å². The van der Waals surface area contributed by atoms with Crippen LogP contribution in [-0.2, 0) is 0 Å². The Hall–Kier alpha value is -0.990. The topological polar surface area (TPSA) is 41.1 Å². The van der Waals surface area contributed by atoms with Crippen LogP contribution in [0.5, 0.6) is 0 Å². The third kappa shape index (κ3) is 21.1. The van der Waals surface area contributed by atoms with Gasteiger partial charge in [-0.15, -0.1) is 0 Å². The quantitative estimate of drug-likeness (QED) is 0.185. The van der Waals surface area contributed by atoms with Crippen LogP contribution in [-0.4, -0.2) is 19.1 Å². The van der Waals surface area contributed by atoms with Crippen LogP contribution in [0.4, 0.5) is 4.79 Å². The molecule has 154 valence electrons. The molecule has 0 aromatic heterocycles. The molecule has 0 aliphatic heterocycles. The summed E-state index contributed by atoms with van der Waals surface area (Å²) in [5.41, 5.74) is 0. The fraction of sp³-hybridized carbons (Fsp3) is 0.870. The number of carbonyl (C=O) groups is 1. The zero-order valence-electron chi connectivity index (χ0n) is 17.8. The van der Waals surface area contributed by atoms with Crippen molar-refractivity contribution in [2.75, 3.05) is 13.1 Å². The summed E-state index contributed by atoms with van der Waals surface area (Å²) in [4.78, 5) is 11.4. The fourth-order valence-corrected chi connectivity index (χ4v) is 3.02. The van der Waals surface area contributed by atoms with E-state index in [0.717, 1.165) is 32.4 Å². The molecule has 0 aliphatic rings. The highest BCUT2D eigenvalue weighted by Gasteiger charge is 1.97. The standard InChI is InChI=1S/C23H46N2O/c1-3-5-7-8-9-10-11-12-13-14-15-16-17-18-19-20-22-25-23(26)24-21-6-4-2/h12-13H,3-11,14-22H2,1-2H3,(H2,24,25,26)/b13-12-. The van der Waals surface area contributed by atoms with Crippen molar-refractivity contribution < 1.29 is 4.79 Å². The molecule has 26 heavy (non-hydrogen) atoms. The van der Waals surface area contributed by atoms with Gasteiger partial charge in [0, 0.05) is 13.1 Å². The molecule has 0 bridgehead atoms. The molecule has 0 aliphatic carbocycles. The van der Waals surface area contributed by atoms with Crippen molar-refractivity contribution in [3.05, 3.63) is 12.2 Å². The number of unbranched alkanes of at least 4 members (excludes halogenated alkanes) is 13. The Morgan fingerprint density at radius 3 is 1.54 bits per heavy atom. The molecular weight excluding hydrogens is 320 g/mol. The van der Waals surface area contributed by atoms with E-state index in [0.29, 0.717) is 0 Å². The second kappa shape index (κ2) is 22.1. The Labute approximate surface area is 163 Å². The van der Waals surface area contributed by atoms with E-state index >= 15 is 0 Å². The summed E-state index contributed by atoms with van der Waals surface area (Å²) in [5, 5.41) is 5.81. The summed E-state index contributed by atoms with van der Waals surface area (Å²) in [6, 6.07) is -0.00815. The lowest BCUT2D eigenvalue weighted by molar-refractivity contribution is 0.240. The third-order valence-electron chi connectivity index (χ3n) is 4.79. The van der Waals surface area contributed by atoms with Crippen LogP contribution in [0, 0.1) is 0 Å². The first-order chi connectivity index (χ1) is 12.8. The summed E-state index contributed by atoms with van der Waals surface area (Å²) in [6.45, 7) is 6.00. The van der Waals surface area contributed by atoms with E-state index in [-0.39, 0.29) is 6.03 Å². The monoisotopic (exact) mass is 366 g/mol. The molecule has 0 radical (unpaired) electrons. The van der Waals surface area contributed by atoms with Gasteiger partial charge in [0.15, 0.2) is 0 Å². The zero-order valence-corrected chi connectivity index (χ0v) is 17.8. The Morgan fingerprint density at radius 1 is 0.577 bits per heavy atom. The van der Waals surface area contributed by atoms with Crippen LogP contribution >= 0.6 is 0 Å². The predicted molar refractivity (Wildman–Crippen MR) is 116 cm³/mol. The number of carbonyl (C=O) groups excluding carboxylic acids is 1. The largest absolute Gasteiger partial charge is 0.338 e. The molecule has 2 amide bonds. The van der Waals surface area contributed by atoms with Crippen molar-refractivity contribution in [2.45, 2.75) is 117 Å². The summed E-state index contributed by atoms with van der Waals surface area (Å²) in [6.07, 6.45) is 25.4. The molecule has 3 nitrogen and oxygen atoms in total. The molecule has 0 atom stereocenters. The first-order valence-electron chi connectivity index (χ1n) is 11.5. The van der Waals surface area contributed by atoms with Gasteiger partial charge in [-0.3, -0.25) is 0 Å². The SMILES string of the molecule is CCCCCCCC/C=C\CCCCCCCCNC(=O)NCCCC. The summed E-state index contributed by atoms with van der Waals surface area (Å²) in [5.74, 6) is 0. The molecule has 3 heteroatoms. The Balaban J connectivity index is 3.14. The minimum absolute atomic E-state index is 0.00815. The van der Waals surface area contributed by atoms with Crippen molar-refractivity contribution in [3.63, 3.8) is 0 Å². The smallest absolute Gasteiger partial charge is 0.314 e. The van der Waals surface area contributed by atoms with Crippen molar-refractivity contribution in [1.82, 2.24) is 10.6 Å². The van der Waals surface area contributed by atoms with Crippen LogP contribution in [0.1, 0.15) is 117 Å². The number of allylic oxidation sites excluding steroid dienone is 2. The van der Waals surface area contributed by atoms with Crippen molar-refractivity contribution in [3.8, 4) is 0 Å². The van der Waals surface area contributed by atoms with Gasteiger partial charge in [-0.05, 0) is 38.5 Å². The molecular formula is C23H46N2O. The third-order valence-corrected chi connectivity index (χ3v) is 4.79. The minimum Gasteiger partial charge on any atom is -0.338 e. The van der Waals surface area contributed by atoms with Crippen molar-refractivity contribution >= 4 is 6.03 Å². The van der Waals surface area contributed by atoms with E-state index in [1.54, 1.807) is 0 Å². The second-order valence-corrected chi connectivity index (χ2v) is 7.47. The average Bonchev–Trinajstić information content (AvgIpc) is 2.64. The number of nitrogens with one attached hydrogen (secondary N) is 2. The highest BCUT2D eigenvalue weighted by atomic mass is 16.2. The van der Waals surface area contributed by atoms with Gasteiger partial charge >= 0.3 is 6.03 Å². The molecule has 0 aromatic rings. The highest BCUT2D eigenvalue weighted by molar-refractivity contribution is 5.73. The molecule has 0 saturated heterocycles. The molecule has 0 saturated carbocycles. The van der Waals surface area contributed by atoms with Crippen LogP contribution in [0.2, 0.25) is 0 Å². The van der Waals surface area contributed by atoms with E-state index < -0.39 is 0 Å². The maximum absolute atomic E-state index is 11.4. The molecule has 0 aromatic carbocycles. The number of urea groups is 1. The summed E-state index contributed by atoms with van der Waals surface area (Å²) < 4.78 is 0. The number of amides is 2. The zero-order chi connectivity index (χ0) is 19.1. The molecule has 2 N–H and O–H groups in total. The first-order valence-corrected chi connectivity index (χ1v) is 11.5. The number of hydrogen-bond donors (Lipinski definition) is 2. The van der Waals surface area contributed by atoms with E-state index in [9.17, 15) is 4.79 Å². The number of hydrogen-bond acceptors (Lipinski definition) is 1. The highest BCUT2D eigenvalue weighted by Crippen LogP contribution is 2.09. The van der Waals surface area contributed by atoms with E-state index in [2.05, 4.69) is 36.6 Å². The summed E-state index contributed by atoms with van der Waals surface area (Å²) >= 11 is 0. The molecule has 0 unspecified atom stereocenters. The maximum atomic E-state index is 11.4. The van der Waals surface area contributed by atoms with Gasteiger partial charge in [0.2, 0.25) is 0 Å². The van der Waals surface area contributed by atoms with Gasteiger partial charge in [0.1, 0.15) is 0 Å². The Morgan fingerprint density at radius 2 is 1.00 bits per heavy atom. The van der Waals surface area contributed by atoms with Gasteiger partial charge in [0.25, 0.3) is 0 Å².